The third-order valence-electron chi connectivity index (χ3n) is 4.09. The monoisotopic (exact) mass is 399 g/mol. The molecule has 0 unspecified atom stereocenters. The van der Waals surface area contributed by atoms with Gasteiger partial charge in [-0.15, -0.1) is 0 Å². The van der Waals surface area contributed by atoms with Gasteiger partial charge in [-0.05, 0) is 60.4 Å². The standard InChI is InChI=1S/C22H29N3O4/c1-16(2)11-12-29-20-10-5-17(13-21(20)28-4)14-24-25-22(26)15-23-18-6-8-19(27-3)9-7-18/h5-10,13-14,16,23H,11-12,15H2,1-4H3,(H,25,26)/b24-14+. The van der Waals surface area contributed by atoms with E-state index in [4.69, 9.17) is 14.2 Å². The molecule has 0 fully saturated rings. The largest absolute Gasteiger partial charge is 0.497 e. The average Bonchev–Trinajstić information content (AvgIpc) is 2.73. The second-order valence-corrected chi connectivity index (χ2v) is 6.82. The molecule has 0 aromatic heterocycles. The Morgan fingerprint density at radius 3 is 2.48 bits per heavy atom. The molecular weight excluding hydrogens is 370 g/mol. The van der Waals surface area contributed by atoms with Gasteiger partial charge in [0.15, 0.2) is 11.5 Å². The highest BCUT2D eigenvalue weighted by Crippen LogP contribution is 2.27. The van der Waals surface area contributed by atoms with E-state index in [-0.39, 0.29) is 12.5 Å². The number of amides is 1. The molecule has 0 aliphatic heterocycles. The van der Waals surface area contributed by atoms with Gasteiger partial charge in [-0.1, -0.05) is 13.8 Å². The van der Waals surface area contributed by atoms with E-state index < -0.39 is 0 Å². The van der Waals surface area contributed by atoms with Gasteiger partial charge in [0.2, 0.25) is 0 Å². The molecular formula is C22H29N3O4. The van der Waals surface area contributed by atoms with E-state index >= 15 is 0 Å². The van der Waals surface area contributed by atoms with E-state index in [2.05, 4.69) is 29.7 Å². The Morgan fingerprint density at radius 1 is 1.07 bits per heavy atom. The van der Waals surface area contributed by atoms with Crippen molar-refractivity contribution in [2.75, 3.05) is 32.7 Å². The maximum Gasteiger partial charge on any atom is 0.259 e. The topological polar surface area (TPSA) is 81.2 Å². The molecule has 2 N–H and O–H groups in total. The first-order chi connectivity index (χ1) is 14.0. The van der Waals surface area contributed by atoms with Crippen molar-refractivity contribution in [2.24, 2.45) is 11.0 Å². The van der Waals surface area contributed by atoms with E-state index in [1.807, 2.05) is 42.5 Å². The molecule has 7 heteroatoms. The summed E-state index contributed by atoms with van der Waals surface area (Å²) in [5, 5.41) is 7.01. The van der Waals surface area contributed by atoms with E-state index in [1.54, 1.807) is 20.4 Å². The van der Waals surface area contributed by atoms with Gasteiger partial charge in [0.25, 0.3) is 5.91 Å². The molecule has 2 aromatic rings. The van der Waals surface area contributed by atoms with Crippen molar-refractivity contribution in [2.45, 2.75) is 20.3 Å². The van der Waals surface area contributed by atoms with Gasteiger partial charge in [-0.25, -0.2) is 5.43 Å². The molecule has 2 rings (SSSR count). The van der Waals surface area contributed by atoms with Crippen molar-refractivity contribution < 1.29 is 19.0 Å². The molecule has 0 radical (unpaired) electrons. The van der Waals surface area contributed by atoms with Crippen LogP contribution in [0.3, 0.4) is 0 Å². The number of hydrogen-bond acceptors (Lipinski definition) is 6. The fraction of sp³-hybridized carbons (Fsp3) is 0.364. The number of hydrogen-bond donors (Lipinski definition) is 2. The Labute approximate surface area is 172 Å². The number of methoxy groups -OCH3 is 2. The zero-order chi connectivity index (χ0) is 21.1. The highest BCUT2D eigenvalue weighted by molar-refractivity contribution is 5.84. The molecule has 156 valence electrons. The fourth-order valence-electron chi connectivity index (χ4n) is 2.40. The summed E-state index contributed by atoms with van der Waals surface area (Å²) in [4.78, 5) is 11.9. The van der Waals surface area contributed by atoms with Crippen molar-refractivity contribution in [3.8, 4) is 17.2 Å². The predicted octanol–water partition coefficient (Wildman–Crippen LogP) is 3.69. The van der Waals surface area contributed by atoms with Gasteiger partial charge in [0, 0.05) is 5.69 Å². The van der Waals surface area contributed by atoms with Crippen molar-refractivity contribution >= 4 is 17.8 Å². The van der Waals surface area contributed by atoms with Crippen LogP contribution in [0.2, 0.25) is 0 Å². The van der Waals surface area contributed by atoms with Gasteiger partial charge >= 0.3 is 0 Å². The van der Waals surface area contributed by atoms with Crippen LogP contribution >= 0.6 is 0 Å². The average molecular weight is 399 g/mol. The first-order valence-electron chi connectivity index (χ1n) is 9.52. The van der Waals surface area contributed by atoms with Crippen molar-refractivity contribution in [3.63, 3.8) is 0 Å². The lowest BCUT2D eigenvalue weighted by Gasteiger charge is -2.12. The minimum Gasteiger partial charge on any atom is -0.497 e. The van der Waals surface area contributed by atoms with Crippen LogP contribution in [0.25, 0.3) is 0 Å². The summed E-state index contributed by atoms with van der Waals surface area (Å²) in [7, 11) is 3.20. The summed E-state index contributed by atoms with van der Waals surface area (Å²) in [5.74, 6) is 2.41. The highest BCUT2D eigenvalue weighted by atomic mass is 16.5. The number of carbonyl (C=O) groups excluding carboxylic acids is 1. The number of ether oxygens (including phenoxy) is 3. The lowest BCUT2D eigenvalue weighted by atomic mass is 10.1. The third kappa shape index (κ3) is 7.73. The number of nitrogens with zero attached hydrogens (tertiary/aromatic N) is 1. The summed E-state index contributed by atoms with van der Waals surface area (Å²) in [6, 6.07) is 12.8. The van der Waals surface area contributed by atoms with E-state index in [0.717, 1.165) is 23.4 Å². The van der Waals surface area contributed by atoms with Gasteiger partial charge in [0.1, 0.15) is 5.75 Å². The van der Waals surface area contributed by atoms with Crippen LogP contribution in [-0.2, 0) is 4.79 Å². The van der Waals surface area contributed by atoms with Gasteiger partial charge in [-0.3, -0.25) is 4.79 Å². The van der Waals surface area contributed by atoms with Crippen molar-refractivity contribution in [3.05, 3.63) is 48.0 Å². The van der Waals surface area contributed by atoms with Crippen LogP contribution < -0.4 is 25.0 Å². The predicted molar refractivity (Wildman–Crippen MR) is 115 cm³/mol. The molecule has 0 spiro atoms. The second kappa shape index (κ2) is 11.6. The summed E-state index contributed by atoms with van der Waals surface area (Å²) in [6.07, 6.45) is 2.54. The zero-order valence-electron chi connectivity index (χ0n) is 17.4. The smallest absolute Gasteiger partial charge is 0.259 e. The minimum atomic E-state index is -0.252. The Hall–Kier alpha value is -3.22. The van der Waals surface area contributed by atoms with Gasteiger partial charge < -0.3 is 19.5 Å². The molecule has 0 bridgehead atoms. The molecule has 0 heterocycles. The highest BCUT2D eigenvalue weighted by Gasteiger charge is 2.06. The molecule has 0 aliphatic rings. The summed E-state index contributed by atoms with van der Waals surface area (Å²) < 4.78 is 16.3. The van der Waals surface area contributed by atoms with Crippen LogP contribution in [0, 0.1) is 5.92 Å². The lowest BCUT2D eigenvalue weighted by molar-refractivity contribution is -0.119. The van der Waals surface area contributed by atoms with E-state index in [9.17, 15) is 4.79 Å². The van der Waals surface area contributed by atoms with E-state index in [1.165, 1.54) is 0 Å². The van der Waals surface area contributed by atoms with Crippen LogP contribution in [0.4, 0.5) is 5.69 Å². The van der Waals surface area contributed by atoms with Crippen LogP contribution in [0.5, 0.6) is 17.2 Å². The molecule has 1 amide bonds. The number of carbonyl (C=O) groups is 1. The molecule has 0 aliphatic carbocycles. The lowest BCUT2D eigenvalue weighted by Crippen LogP contribution is -2.25. The summed E-state index contributed by atoms with van der Waals surface area (Å²) >= 11 is 0. The maximum atomic E-state index is 11.9. The molecule has 0 saturated carbocycles. The quantitative estimate of drug-likeness (QED) is 0.445. The SMILES string of the molecule is COc1ccc(NCC(=O)N/N=C/c2ccc(OCCC(C)C)c(OC)c2)cc1. The second-order valence-electron chi connectivity index (χ2n) is 6.82. The van der Waals surface area contributed by atoms with Crippen molar-refractivity contribution in [1.29, 1.82) is 0 Å². The normalized spacial score (nSPS) is 10.8. The number of nitrogens with one attached hydrogen (secondary N) is 2. The van der Waals surface area contributed by atoms with Gasteiger partial charge in [0.05, 0.1) is 33.6 Å². The molecule has 7 nitrogen and oxygen atoms in total. The molecule has 0 atom stereocenters. The van der Waals surface area contributed by atoms with Crippen molar-refractivity contribution in [1.82, 2.24) is 5.43 Å². The number of anilines is 1. The fourth-order valence-corrected chi connectivity index (χ4v) is 2.40. The Morgan fingerprint density at radius 2 is 1.83 bits per heavy atom. The van der Waals surface area contributed by atoms with Gasteiger partial charge in [-0.2, -0.15) is 5.10 Å². The molecule has 29 heavy (non-hydrogen) atoms. The Kier molecular flexibility index (Phi) is 8.82. The first-order valence-corrected chi connectivity index (χ1v) is 9.52. The number of benzene rings is 2. The van der Waals surface area contributed by atoms with Crippen LogP contribution in [0.1, 0.15) is 25.8 Å². The molecule has 0 saturated heterocycles. The first kappa shape index (κ1) is 22.1. The third-order valence-corrected chi connectivity index (χ3v) is 4.09. The van der Waals surface area contributed by atoms with Crippen LogP contribution in [0.15, 0.2) is 47.6 Å². The van der Waals surface area contributed by atoms with E-state index in [0.29, 0.717) is 24.0 Å². The zero-order valence-corrected chi connectivity index (χ0v) is 17.4. The number of rotatable bonds is 11. The maximum absolute atomic E-state index is 11.9. The Bertz CT molecular complexity index is 804. The van der Waals surface area contributed by atoms with Crippen LogP contribution in [-0.4, -0.2) is 39.5 Å². The Balaban J connectivity index is 1.82. The summed E-state index contributed by atoms with van der Waals surface area (Å²) in [5.41, 5.74) is 4.11. The summed E-state index contributed by atoms with van der Waals surface area (Å²) in [6.45, 7) is 5.05. The number of hydrazone groups is 1. The molecule has 2 aromatic carbocycles. The minimum absolute atomic E-state index is 0.107.